The Morgan fingerprint density at radius 1 is 0.969 bits per heavy atom. The summed E-state index contributed by atoms with van der Waals surface area (Å²) in [6.45, 7) is 4.41. The third-order valence-corrected chi connectivity index (χ3v) is 5.98. The fourth-order valence-corrected chi connectivity index (χ4v) is 4.23. The van der Waals surface area contributed by atoms with E-state index in [9.17, 15) is 8.42 Å². The summed E-state index contributed by atoms with van der Waals surface area (Å²) in [5.41, 5.74) is 3.83. The van der Waals surface area contributed by atoms with Gasteiger partial charge in [0.15, 0.2) is 5.58 Å². The number of aromatic nitrogens is 3. The maximum absolute atomic E-state index is 12.4. The lowest BCUT2D eigenvalue weighted by Gasteiger charge is -2.11. The first-order chi connectivity index (χ1) is 15.4. The largest absolute Gasteiger partial charge is 0.356 e. The molecule has 4 aromatic rings. The summed E-state index contributed by atoms with van der Waals surface area (Å²) in [6.07, 6.45) is 0. The molecule has 32 heavy (non-hydrogen) atoms. The third-order valence-electron chi connectivity index (χ3n) is 4.69. The Labute approximate surface area is 186 Å². The molecule has 0 saturated heterocycles. The van der Waals surface area contributed by atoms with Crippen LogP contribution >= 0.6 is 0 Å². The lowest BCUT2D eigenvalue weighted by atomic mass is 10.2. The Morgan fingerprint density at radius 3 is 2.56 bits per heavy atom. The zero-order valence-electron chi connectivity index (χ0n) is 17.8. The fraction of sp³-hybridized carbons (Fsp3) is 0.227. The zero-order chi connectivity index (χ0) is 22.6. The van der Waals surface area contributed by atoms with Crippen molar-refractivity contribution in [1.29, 1.82) is 0 Å². The van der Waals surface area contributed by atoms with E-state index in [1.807, 2.05) is 56.3 Å². The first-order valence-electron chi connectivity index (χ1n) is 10.1. The van der Waals surface area contributed by atoms with Crippen LogP contribution in [0.4, 0.5) is 17.5 Å². The van der Waals surface area contributed by atoms with Crippen LogP contribution in [0.2, 0.25) is 0 Å². The number of hydrogen-bond donors (Lipinski definition) is 3. The molecule has 10 heteroatoms. The number of para-hydroxylation sites is 1. The van der Waals surface area contributed by atoms with Crippen molar-refractivity contribution in [2.75, 3.05) is 23.7 Å². The number of hydrogen-bond acceptors (Lipinski definition) is 8. The number of fused-ring (bicyclic) bond motifs is 1. The van der Waals surface area contributed by atoms with Gasteiger partial charge < -0.3 is 15.2 Å². The van der Waals surface area contributed by atoms with E-state index < -0.39 is 10.0 Å². The van der Waals surface area contributed by atoms with E-state index >= 15 is 0 Å². The molecule has 0 aliphatic carbocycles. The van der Waals surface area contributed by atoms with E-state index in [-0.39, 0.29) is 12.3 Å². The van der Waals surface area contributed by atoms with Gasteiger partial charge in [-0.25, -0.2) is 18.1 Å². The van der Waals surface area contributed by atoms with Gasteiger partial charge in [0, 0.05) is 35.9 Å². The monoisotopic (exact) mass is 452 g/mol. The highest BCUT2D eigenvalue weighted by atomic mass is 32.2. The highest BCUT2D eigenvalue weighted by molar-refractivity contribution is 7.88. The van der Waals surface area contributed by atoms with Crippen LogP contribution in [0.3, 0.4) is 0 Å². The summed E-state index contributed by atoms with van der Waals surface area (Å²) >= 11 is 0. The maximum atomic E-state index is 12.4. The van der Waals surface area contributed by atoms with E-state index in [0.29, 0.717) is 35.0 Å². The molecule has 0 unspecified atom stereocenters. The van der Waals surface area contributed by atoms with Crippen molar-refractivity contribution in [3.05, 3.63) is 71.5 Å². The van der Waals surface area contributed by atoms with Gasteiger partial charge in [-0.05, 0) is 38.1 Å². The molecule has 0 amide bonds. The molecule has 2 aromatic carbocycles. The minimum absolute atomic E-state index is 0.177. The number of benzene rings is 2. The summed E-state index contributed by atoms with van der Waals surface area (Å²) in [5.74, 6) is 0.818. The first kappa shape index (κ1) is 21.7. The van der Waals surface area contributed by atoms with Gasteiger partial charge in [-0.2, -0.15) is 4.98 Å². The normalized spacial score (nSPS) is 11.6. The van der Waals surface area contributed by atoms with E-state index in [4.69, 9.17) is 4.52 Å². The molecular weight excluding hydrogens is 428 g/mol. The molecule has 0 aliphatic rings. The van der Waals surface area contributed by atoms with E-state index in [0.717, 1.165) is 11.4 Å². The third kappa shape index (κ3) is 5.59. The Balaban J connectivity index is 1.32. The number of aryl methyl sites for hydroxylation is 2. The van der Waals surface area contributed by atoms with Crippen LogP contribution in [0.15, 0.2) is 59.1 Å². The second-order valence-electron chi connectivity index (χ2n) is 7.41. The Kier molecular flexibility index (Phi) is 6.33. The lowest BCUT2D eigenvalue weighted by Crippen LogP contribution is -2.30. The van der Waals surface area contributed by atoms with Crippen LogP contribution in [-0.2, 0) is 15.8 Å². The molecule has 0 aliphatic heterocycles. The molecule has 0 bridgehead atoms. The molecule has 9 nitrogen and oxygen atoms in total. The summed E-state index contributed by atoms with van der Waals surface area (Å²) < 4.78 is 32.6. The molecular formula is C22H24N6O3S. The first-order valence-corrected chi connectivity index (χ1v) is 11.8. The van der Waals surface area contributed by atoms with Gasteiger partial charge in [-0.1, -0.05) is 35.0 Å². The van der Waals surface area contributed by atoms with Gasteiger partial charge in [0.05, 0.1) is 0 Å². The minimum atomic E-state index is -3.58. The summed E-state index contributed by atoms with van der Waals surface area (Å²) in [7, 11) is -3.58. The zero-order valence-corrected chi connectivity index (χ0v) is 18.6. The summed E-state index contributed by atoms with van der Waals surface area (Å²) in [6, 6.07) is 17.0. The molecule has 166 valence electrons. The molecule has 0 atom stereocenters. The standard InChI is InChI=1S/C22H24N6O3S/c1-15-7-9-17(10-8-15)26-21-13-16(2)25-22(27-21)23-11-12-24-32(29,30)14-19-18-5-3-4-6-20(18)31-28-19/h3-10,13,24H,11-12,14H2,1-2H3,(H2,23,25,26,27). The smallest absolute Gasteiger partial charge is 0.224 e. The fourth-order valence-electron chi connectivity index (χ4n) is 3.15. The van der Waals surface area contributed by atoms with Crippen molar-refractivity contribution in [3.8, 4) is 0 Å². The predicted octanol–water partition coefficient (Wildman–Crippen LogP) is 3.51. The SMILES string of the molecule is Cc1ccc(Nc2cc(C)nc(NCCNS(=O)(=O)Cc3noc4ccccc34)n2)cc1. The van der Waals surface area contributed by atoms with Crippen molar-refractivity contribution in [3.63, 3.8) is 0 Å². The summed E-state index contributed by atoms with van der Waals surface area (Å²) in [4.78, 5) is 8.80. The van der Waals surface area contributed by atoms with E-state index in [1.165, 1.54) is 5.56 Å². The average Bonchev–Trinajstić information content (AvgIpc) is 3.15. The topological polar surface area (TPSA) is 122 Å². The van der Waals surface area contributed by atoms with Crippen LogP contribution in [0.25, 0.3) is 11.0 Å². The van der Waals surface area contributed by atoms with Crippen molar-refractivity contribution >= 4 is 38.4 Å². The summed E-state index contributed by atoms with van der Waals surface area (Å²) in [5, 5.41) is 10.9. The molecule has 0 radical (unpaired) electrons. The second kappa shape index (κ2) is 9.33. The van der Waals surface area contributed by atoms with Crippen LogP contribution in [0, 0.1) is 13.8 Å². The quantitative estimate of drug-likeness (QED) is 0.330. The van der Waals surface area contributed by atoms with Crippen molar-refractivity contribution < 1.29 is 12.9 Å². The molecule has 2 heterocycles. The number of nitrogens with zero attached hydrogens (tertiary/aromatic N) is 3. The maximum Gasteiger partial charge on any atom is 0.224 e. The van der Waals surface area contributed by atoms with Gasteiger partial charge in [0.1, 0.15) is 17.3 Å². The molecule has 0 fully saturated rings. The highest BCUT2D eigenvalue weighted by Crippen LogP contribution is 2.19. The number of nitrogens with one attached hydrogen (secondary N) is 3. The number of anilines is 3. The predicted molar refractivity (Wildman–Crippen MR) is 124 cm³/mol. The Hall–Kier alpha value is -3.50. The number of sulfonamides is 1. The van der Waals surface area contributed by atoms with Gasteiger partial charge in [0.25, 0.3) is 0 Å². The second-order valence-corrected chi connectivity index (χ2v) is 9.22. The van der Waals surface area contributed by atoms with Crippen molar-refractivity contribution in [2.24, 2.45) is 0 Å². The minimum Gasteiger partial charge on any atom is -0.356 e. The average molecular weight is 453 g/mol. The van der Waals surface area contributed by atoms with Crippen LogP contribution in [0.1, 0.15) is 17.0 Å². The van der Waals surface area contributed by atoms with E-state index in [1.54, 1.807) is 12.1 Å². The van der Waals surface area contributed by atoms with E-state index in [2.05, 4.69) is 30.5 Å². The van der Waals surface area contributed by atoms with Crippen molar-refractivity contribution in [2.45, 2.75) is 19.6 Å². The Morgan fingerprint density at radius 2 is 1.75 bits per heavy atom. The molecule has 3 N–H and O–H groups in total. The highest BCUT2D eigenvalue weighted by Gasteiger charge is 2.17. The molecule has 2 aromatic heterocycles. The molecule has 4 rings (SSSR count). The van der Waals surface area contributed by atoms with Crippen LogP contribution in [0.5, 0.6) is 0 Å². The lowest BCUT2D eigenvalue weighted by molar-refractivity contribution is 0.448. The van der Waals surface area contributed by atoms with Crippen LogP contribution in [-0.4, -0.2) is 36.6 Å². The van der Waals surface area contributed by atoms with Gasteiger partial charge in [-0.3, -0.25) is 0 Å². The van der Waals surface area contributed by atoms with Gasteiger partial charge >= 0.3 is 0 Å². The molecule has 0 spiro atoms. The molecule has 0 saturated carbocycles. The van der Waals surface area contributed by atoms with Gasteiger partial charge in [-0.15, -0.1) is 0 Å². The Bertz CT molecular complexity index is 1320. The number of rotatable bonds is 9. The van der Waals surface area contributed by atoms with Crippen LogP contribution < -0.4 is 15.4 Å². The van der Waals surface area contributed by atoms with Gasteiger partial charge in [0.2, 0.25) is 16.0 Å². The van der Waals surface area contributed by atoms with Crippen molar-refractivity contribution in [1.82, 2.24) is 19.8 Å².